The summed E-state index contributed by atoms with van der Waals surface area (Å²) in [4.78, 5) is 37.4. The molecule has 1 aromatic rings. The Morgan fingerprint density at radius 3 is 2.50 bits per heavy atom. The Labute approximate surface area is 89.3 Å². The van der Waals surface area contributed by atoms with Crippen molar-refractivity contribution in [1.82, 2.24) is 0 Å². The summed E-state index contributed by atoms with van der Waals surface area (Å²) >= 11 is 0. The molecule has 0 saturated carbocycles. The van der Waals surface area contributed by atoms with E-state index in [2.05, 4.69) is 14.7 Å². The number of hydrogen-bond acceptors (Lipinski definition) is 6. The van der Waals surface area contributed by atoms with Crippen LogP contribution in [0.3, 0.4) is 0 Å². The molecule has 1 amide bonds. The standard InChI is InChI=1S/C9H5N3O4/c10-9(15)16-7-3-1-2-6(11-4-13)8(7)12-5-14/h1-3H,(H2,10,15). The van der Waals surface area contributed by atoms with E-state index in [1.54, 1.807) is 0 Å². The van der Waals surface area contributed by atoms with Crippen LogP contribution in [0.15, 0.2) is 28.2 Å². The lowest BCUT2D eigenvalue weighted by Crippen LogP contribution is -2.16. The van der Waals surface area contributed by atoms with E-state index in [1.165, 1.54) is 30.4 Å². The summed E-state index contributed by atoms with van der Waals surface area (Å²) in [7, 11) is 0. The zero-order valence-electron chi connectivity index (χ0n) is 7.84. The van der Waals surface area contributed by atoms with Crippen molar-refractivity contribution in [2.45, 2.75) is 0 Å². The van der Waals surface area contributed by atoms with Gasteiger partial charge in [0.15, 0.2) is 5.75 Å². The molecule has 80 valence electrons. The molecule has 1 rings (SSSR count). The molecule has 0 heterocycles. The number of amides is 1. The van der Waals surface area contributed by atoms with Crippen LogP contribution < -0.4 is 10.5 Å². The van der Waals surface area contributed by atoms with Crippen molar-refractivity contribution in [2.75, 3.05) is 0 Å². The number of isocyanates is 2. The lowest BCUT2D eigenvalue weighted by atomic mass is 10.2. The summed E-state index contributed by atoms with van der Waals surface area (Å²) in [6, 6.07) is 4.16. The fraction of sp³-hybridized carbons (Fsp3) is 0. The van der Waals surface area contributed by atoms with Gasteiger partial charge in [0.2, 0.25) is 12.2 Å². The molecule has 0 unspecified atom stereocenters. The molecule has 7 heteroatoms. The lowest BCUT2D eigenvalue weighted by Gasteiger charge is -2.04. The normalized spacial score (nSPS) is 8.50. The Morgan fingerprint density at radius 1 is 1.25 bits per heavy atom. The largest absolute Gasteiger partial charge is 0.410 e. The first-order valence-electron chi connectivity index (χ1n) is 3.95. The van der Waals surface area contributed by atoms with E-state index in [4.69, 9.17) is 5.73 Å². The maximum atomic E-state index is 10.5. The van der Waals surface area contributed by atoms with Crippen molar-refractivity contribution in [3.63, 3.8) is 0 Å². The second-order valence-electron chi connectivity index (χ2n) is 2.45. The molecular formula is C9H5N3O4. The molecule has 0 saturated heterocycles. The third kappa shape index (κ3) is 2.62. The zero-order valence-corrected chi connectivity index (χ0v) is 7.84. The second-order valence-corrected chi connectivity index (χ2v) is 2.45. The van der Waals surface area contributed by atoms with Gasteiger partial charge in [0.25, 0.3) is 0 Å². The van der Waals surface area contributed by atoms with Gasteiger partial charge in [-0.25, -0.2) is 14.4 Å². The van der Waals surface area contributed by atoms with Gasteiger partial charge in [0.1, 0.15) is 11.4 Å². The third-order valence-electron chi connectivity index (χ3n) is 1.51. The molecule has 1 aromatic carbocycles. The first-order valence-corrected chi connectivity index (χ1v) is 3.95. The average Bonchev–Trinajstić information content (AvgIpc) is 2.22. The summed E-state index contributed by atoms with van der Waals surface area (Å²) in [5.74, 6) is -0.0904. The number of carbonyl (C=O) groups excluding carboxylic acids is 3. The van der Waals surface area contributed by atoms with Crippen molar-refractivity contribution < 1.29 is 19.1 Å². The van der Waals surface area contributed by atoms with Crippen molar-refractivity contribution in [3.8, 4) is 5.75 Å². The predicted octanol–water partition coefficient (Wildman–Crippen LogP) is 1.08. The molecule has 0 spiro atoms. The number of primary amides is 1. The van der Waals surface area contributed by atoms with E-state index in [9.17, 15) is 14.4 Å². The molecule has 0 bridgehead atoms. The average molecular weight is 219 g/mol. The highest BCUT2D eigenvalue weighted by Gasteiger charge is 2.10. The molecule has 0 aromatic heterocycles. The van der Waals surface area contributed by atoms with E-state index in [-0.39, 0.29) is 17.1 Å². The maximum Gasteiger partial charge on any atom is 0.410 e. The number of ether oxygens (including phenoxy) is 1. The van der Waals surface area contributed by atoms with E-state index < -0.39 is 6.09 Å². The zero-order chi connectivity index (χ0) is 12.0. The van der Waals surface area contributed by atoms with Gasteiger partial charge in [-0.3, -0.25) is 0 Å². The SMILES string of the molecule is NC(=O)Oc1cccc(N=C=O)c1N=C=O. The number of para-hydroxylation sites is 1. The summed E-state index contributed by atoms with van der Waals surface area (Å²) in [5, 5.41) is 0. The van der Waals surface area contributed by atoms with E-state index in [0.29, 0.717) is 0 Å². The fourth-order valence-corrected chi connectivity index (χ4v) is 0.999. The number of nitrogens with two attached hydrogens (primary N) is 1. The van der Waals surface area contributed by atoms with Crippen LogP contribution in [0.5, 0.6) is 5.75 Å². The van der Waals surface area contributed by atoms with Gasteiger partial charge in [-0.1, -0.05) is 6.07 Å². The van der Waals surface area contributed by atoms with Gasteiger partial charge in [-0.2, -0.15) is 9.98 Å². The number of aliphatic imine (C=N–C) groups is 2. The maximum absolute atomic E-state index is 10.5. The fourth-order valence-electron chi connectivity index (χ4n) is 0.999. The Bertz CT molecular complexity index is 513. The van der Waals surface area contributed by atoms with Crippen LogP contribution in [0.2, 0.25) is 0 Å². The highest BCUT2D eigenvalue weighted by molar-refractivity contribution is 5.78. The van der Waals surface area contributed by atoms with Crippen LogP contribution in [-0.2, 0) is 9.59 Å². The Hall–Kier alpha value is -2.75. The minimum Gasteiger partial charge on any atom is -0.408 e. The number of carbonyl (C=O) groups is 1. The predicted molar refractivity (Wildman–Crippen MR) is 52.2 cm³/mol. The number of nitrogens with zero attached hydrogens (tertiary/aromatic N) is 2. The topological polar surface area (TPSA) is 111 Å². The minimum absolute atomic E-state index is 0.0251. The molecule has 7 nitrogen and oxygen atoms in total. The van der Waals surface area contributed by atoms with Gasteiger partial charge < -0.3 is 10.5 Å². The van der Waals surface area contributed by atoms with Crippen LogP contribution in [0.4, 0.5) is 16.2 Å². The Balaban J connectivity index is 3.36. The molecule has 2 N–H and O–H groups in total. The van der Waals surface area contributed by atoms with Crippen molar-refractivity contribution in [2.24, 2.45) is 15.7 Å². The molecule has 0 aliphatic rings. The lowest BCUT2D eigenvalue weighted by molar-refractivity contribution is 0.211. The molecule has 0 fully saturated rings. The van der Waals surface area contributed by atoms with Gasteiger partial charge in [0.05, 0.1) is 0 Å². The first kappa shape index (κ1) is 11.3. The summed E-state index contributed by atoms with van der Waals surface area (Å²) in [6.07, 6.45) is 1.45. The molecule has 0 aliphatic heterocycles. The summed E-state index contributed by atoms with van der Waals surface area (Å²) < 4.78 is 4.56. The minimum atomic E-state index is -1.07. The van der Waals surface area contributed by atoms with Crippen LogP contribution >= 0.6 is 0 Å². The van der Waals surface area contributed by atoms with Crippen LogP contribution in [-0.4, -0.2) is 18.3 Å². The van der Waals surface area contributed by atoms with Crippen molar-refractivity contribution >= 4 is 29.6 Å². The van der Waals surface area contributed by atoms with E-state index in [0.717, 1.165) is 0 Å². The monoisotopic (exact) mass is 219 g/mol. The van der Waals surface area contributed by atoms with Gasteiger partial charge in [0, 0.05) is 0 Å². The van der Waals surface area contributed by atoms with Crippen LogP contribution in [0, 0.1) is 0 Å². The van der Waals surface area contributed by atoms with Crippen LogP contribution in [0.25, 0.3) is 0 Å². The smallest absolute Gasteiger partial charge is 0.408 e. The quantitative estimate of drug-likeness (QED) is 0.605. The van der Waals surface area contributed by atoms with Crippen molar-refractivity contribution in [3.05, 3.63) is 18.2 Å². The van der Waals surface area contributed by atoms with Crippen molar-refractivity contribution in [1.29, 1.82) is 0 Å². The number of rotatable bonds is 3. The van der Waals surface area contributed by atoms with E-state index >= 15 is 0 Å². The summed E-state index contributed by atoms with van der Waals surface area (Å²) in [6.45, 7) is 0. The molecule has 0 aliphatic carbocycles. The van der Waals surface area contributed by atoms with Gasteiger partial charge >= 0.3 is 6.09 Å². The Kier molecular flexibility index (Phi) is 3.69. The number of benzene rings is 1. The van der Waals surface area contributed by atoms with Gasteiger partial charge in [-0.15, -0.1) is 0 Å². The highest BCUT2D eigenvalue weighted by Crippen LogP contribution is 2.36. The number of hydrogen-bond donors (Lipinski definition) is 1. The third-order valence-corrected chi connectivity index (χ3v) is 1.51. The first-order chi connectivity index (χ1) is 7.69. The second kappa shape index (κ2) is 5.21. The highest BCUT2D eigenvalue weighted by atomic mass is 16.5. The molecule has 16 heavy (non-hydrogen) atoms. The summed E-state index contributed by atoms with van der Waals surface area (Å²) in [5.41, 5.74) is 4.72. The Morgan fingerprint density at radius 2 is 1.94 bits per heavy atom. The van der Waals surface area contributed by atoms with E-state index in [1.807, 2.05) is 0 Å². The van der Waals surface area contributed by atoms with Gasteiger partial charge in [-0.05, 0) is 12.1 Å². The molecule has 0 atom stereocenters. The molecular weight excluding hydrogens is 214 g/mol. The molecule has 0 radical (unpaired) electrons. The van der Waals surface area contributed by atoms with Crippen LogP contribution in [0.1, 0.15) is 0 Å².